The second-order valence-electron chi connectivity index (χ2n) is 11.8. The van der Waals surface area contributed by atoms with E-state index in [1.54, 1.807) is 0 Å². The van der Waals surface area contributed by atoms with Gasteiger partial charge in [0.15, 0.2) is 0 Å². The molecule has 0 heterocycles. The summed E-state index contributed by atoms with van der Waals surface area (Å²) in [4.78, 5) is 0. The molecule has 2 unspecified atom stereocenters. The van der Waals surface area contributed by atoms with Gasteiger partial charge in [0, 0.05) is 28.9 Å². The maximum absolute atomic E-state index is 6.40. The minimum atomic E-state index is -0.150. The summed E-state index contributed by atoms with van der Waals surface area (Å²) in [6.45, 7) is 18.7. The van der Waals surface area contributed by atoms with Gasteiger partial charge in [0.2, 0.25) is 0 Å². The van der Waals surface area contributed by atoms with Crippen LogP contribution in [-0.2, 0) is 10.8 Å². The average molecular weight is 521 g/mol. The first-order valence-electron chi connectivity index (χ1n) is 13.8. The summed E-state index contributed by atoms with van der Waals surface area (Å²) in [5, 5.41) is 4.87. The highest BCUT2D eigenvalue weighted by Gasteiger charge is 2.40. The zero-order valence-electron chi connectivity index (χ0n) is 23.3. The van der Waals surface area contributed by atoms with Crippen molar-refractivity contribution in [2.75, 3.05) is 6.54 Å². The molecule has 2 nitrogen and oxygen atoms in total. The molecule has 196 valence electrons. The number of nitrogens with one attached hydrogen (secondary N) is 1. The number of hydrogen-bond donors (Lipinski definition) is 2. The van der Waals surface area contributed by atoms with Crippen molar-refractivity contribution in [1.82, 2.24) is 5.32 Å². The van der Waals surface area contributed by atoms with Crippen LogP contribution in [0.5, 0.6) is 0 Å². The molecule has 38 heavy (non-hydrogen) atoms. The van der Waals surface area contributed by atoms with Crippen LogP contribution in [0.25, 0.3) is 5.57 Å². The Morgan fingerprint density at radius 3 is 2.63 bits per heavy atom. The van der Waals surface area contributed by atoms with Crippen LogP contribution >= 0.6 is 8.58 Å². The summed E-state index contributed by atoms with van der Waals surface area (Å²) in [6.07, 6.45) is 12.3. The summed E-state index contributed by atoms with van der Waals surface area (Å²) < 4.78 is 0. The van der Waals surface area contributed by atoms with Gasteiger partial charge in [-0.2, -0.15) is 0 Å². The SMILES string of the molecule is C=C(NCC)/C1=C/C2=C(C=C/C=C(/N)C1=C)c1ccc([C@@]3(C)CCC(Pc4ccccc4)C3)cc1C2(C)C. The summed E-state index contributed by atoms with van der Waals surface area (Å²) >= 11 is 0. The fourth-order valence-electron chi connectivity index (χ4n) is 6.45. The first-order chi connectivity index (χ1) is 18.1. The fraction of sp³-hybridized carbons (Fsp3) is 0.314. The number of hydrogen-bond acceptors (Lipinski definition) is 2. The average Bonchev–Trinajstić information content (AvgIpc) is 3.39. The molecule has 3 N–H and O–H groups in total. The van der Waals surface area contributed by atoms with Crippen LogP contribution in [0, 0.1) is 0 Å². The molecule has 0 aliphatic heterocycles. The van der Waals surface area contributed by atoms with E-state index in [-0.39, 0.29) is 10.8 Å². The first-order valence-corrected chi connectivity index (χ1v) is 14.9. The minimum absolute atomic E-state index is 0.150. The lowest BCUT2D eigenvalue weighted by Crippen LogP contribution is -2.22. The van der Waals surface area contributed by atoms with E-state index < -0.39 is 0 Å². The molecule has 0 amide bonds. The highest BCUT2D eigenvalue weighted by atomic mass is 31.1. The highest BCUT2D eigenvalue weighted by molar-refractivity contribution is 7.48. The van der Waals surface area contributed by atoms with Crippen molar-refractivity contribution in [2.45, 2.75) is 63.4 Å². The molecule has 2 aromatic carbocycles. The lowest BCUT2D eigenvalue weighted by Gasteiger charge is -2.29. The molecule has 0 saturated heterocycles. The molecule has 5 rings (SSSR count). The molecule has 0 bridgehead atoms. The van der Waals surface area contributed by atoms with Crippen molar-refractivity contribution in [3.05, 3.63) is 131 Å². The van der Waals surface area contributed by atoms with E-state index in [0.29, 0.717) is 5.70 Å². The van der Waals surface area contributed by atoms with Gasteiger partial charge in [0.1, 0.15) is 0 Å². The Morgan fingerprint density at radius 1 is 1.13 bits per heavy atom. The van der Waals surface area contributed by atoms with Gasteiger partial charge in [0.05, 0.1) is 0 Å². The Balaban J connectivity index is 1.51. The van der Waals surface area contributed by atoms with E-state index in [1.165, 1.54) is 52.4 Å². The van der Waals surface area contributed by atoms with Gasteiger partial charge in [-0.1, -0.05) is 103 Å². The van der Waals surface area contributed by atoms with Crippen molar-refractivity contribution in [3.63, 3.8) is 0 Å². The molecular weight excluding hydrogens is 479 g/mol. The number of rotatable bonds is 6. The monoisotopic (exact) mass is 520 g/mol. The molecule has 1 fully saturated rings. The predicted octanol–water partition coefficient (Wildman–Crippen LogP) is 7.56. The van der Waals surface area contributed by atoms with Crippen LogP contribution in [0.2, 0.25) is 0 Å². The van der Waals surface area contributed by atoms with E-state index in [1.807, 2.05) is 6.08 Å². The van der Waals surface area contributed by atoms with Gasteiger partial charge >= 0.3 is 0 Å². The molecule has 0 radical (unpaired) electrons. The van der Waals surface area contributed by atoms with E-state index in [9.17, 15) is 0 Å². The standard InChI is InChI=1S/C35H41N2P/c1-7-37-24(3)30-21-32-28(14-11-15-33(36)23(30)2)29-17-16-25(20-31(29)34(32,4)5)35(6)19-18-27(22-35)38-26-12-9-8-10-13-26/h8-17,20-21,27,37-38H,2-3,7,18-19,22,36H2,1,4-6H3/b14-11?,30-21+,33-15+/t27?,35-/m0/s1. The third kappa shape index (κ3) is 4.76. The highest BCUT2D eigenvalue weighted by Crippen LogP contribution is 2.52. The second-order valence-corrected chi connectivity index (χ2v) is 13.4. The fourth-order valence-corrected chi connectivity index (χ4v) is 8.14. The molecular formula is C35H41N2P. The minimum Gasteiger partial charge on any atom is -0.398 e. The van der Waals surface area contributed by atoms with Crippen molar-refractivity contribution in [3.8, 4) is 0 Å². The smallest absolute Gasteiger partial charge is 0.0388 e. The summed E-state index contributed by atoms with van der Waals surface area (Å²) in [5.74, 6) is 0. The Labute approximate surface area is 231 Å². The second kappa shape index (κ2) is 10.2. The van der Waals surface area contributed by atoms with Gasteiger partial charge in [-0.05, 0) is 88.1 Å². The third-order valence-corrected chi connectivity index (χ3v) is 10.3. The zero-order chi connectivity index (χ0) is 27.1. The maximum Gasteiger partial charge on any atom is 0.0388 e. The summed E-state index contributed by atoms with van der Waals surface area (Å²) in [6, 6.07) is 18.3. The largest absolute Gasteiger partial charge is 0.398 e. The topological polar surface area (TPSA) is 38.0 Å². The Morgan fingerprint density at radius 2 is 1.89 bits per heavy atom. The third-order valence-electron chi connectivity index (χ3n) is 8.75. The number of nitrogens with two attached hydrogens (primary N) is 1. The van der Waals surface area contributed by atoms with Gasteiger partial charge in [-0.3, -0.25) is 0 Å². The quantitative estimate of drug-likeness (QED) is 0.386. The van der Waals surface area contributed by atoms with Gasteiger partial charge < -0.3 is 11.1 Å². The Hall–Kier alpha value is -3.09. The van der Waals surface area contributed by atoms with Crippen LogP contribution in [0.4, 0.5) is 0 Å². The van der Waals surface area contributed by atoms with E-state index >= 15 is 0 Å². The number of fused-ring (bicyclic) bond motifs is 2. The lowest BCUT2D eigenvalue weighted by molar-refractivity contribution is 0.490. The number of allylic oxidation sites excluding steroid dienone is 8. The Bertz CT molecular complexity index is 1400. The molecule has 0 spiro atoms. The van der Waals surface area contributed by atoms with E-state index in [4.69, 9.17) is 5.73 Å². The zero-order valence-corrected chi connectivity index (χ0v) is 24.3. The van der Waals surface area contributed by atoms with E-state index in [0.717, 1.165) is 37.6 Å². The van der Waals surface area contributed by atoms with Crippen LogP contribution in [0.15, 0.2) is 114 Å². The summed E-state index contributed by atoms with van der Waals surface area (Å²) in [5.41, 5.74) is 17.3. The van der Waals surface area contributed by atoms with E-state index in [2.05, 4.69) is 113 Å². The molecule has 1 saturated carbocycles. The number of benzene rings is 2. The van der Waals surface area contributed by atoms with Crippen molar-refractivity contribution >= 4 is 19.5 Å². The van der Waals surface area contributed by atoms with Crippen LogP contribution < -0.4 is 16.4 Å². The maximum atomic E-state index is 6.40. The van der Waals surface area contributed by atoms with Crippen molar-refractivity contribution in [1.29, 1.82) is 0 Å². The van der Waals surface area contributed by atoms with Crippen LogP contribution in [-0.4, -0.2) is 12.2 Å². The molecule has 2 aromatic rings. The van der Waals surface area contributed by atoms with Crippen LogP contribution in [0.1, 0.15) is 63.6 Å². The predicted molar refractivity (Wildman–Crippen MR) is 167 cm³/mol. The normalized spacial score (nSPS) is 27.2. The van der Waals surface area contributed by atoms with Crippen molar-refractivity contribution < 1.29 is 0 Å². The molecule has 0 aromatic heterocycles. The van der Waals surface area contributed by atoms with Crippen LogP contribution in [0.3, 0.4) is 0 Å². The molecule has 3 heteroatoms. The number of likely N-dealkylation sites (N-methyl/N-ethyl adjacent to an activating group) is 1. The van der Waals surface area contributed by atoms with Gasteiger partial charge in [-0.25, -0.2) is 0 Å². The first kappa shape index (κ1) is 26.5. The van der Waals surface area contributed by atoms with Gasteiger partial charge in [-0.15, -0.1) is 0 Å². The summed E-state index contributed by atoms with van der Waals surface area (Å²) in [7, 11) is 0.890. The van der Waals surface area contributed by atoms with Crippen molar-refractivity contribution in [2.24, 2.45) is 5.73 Å². The lowest BCUT2D eigenvalue weighted by atomic mass is 9.75. The van der Waals surface area contributed by atoms with Gasteiger partial charge in [0.25, 0.3) is 0 Å². The molecule has 3 atom stereocenters. The molecule has 3 aliphatic rings. The molecule has 3 aliphatic carbocycles. The Kier molecular flexibility index (Phi) is 7.14.